The zero-order chi connectivity index (χ0) is 12.5. The van der Waals surface area contributed by atoms with E-state index in [1.165, 1.54) is 5.56 Å². The quantitative estimate of drug-likeness (QED) is 0.657. The van der Waals surface area contributed by atoms with Crippen LogP contribution in [0.4, 0.5) is 0 Å². The third-order valence-electron chi connectivity index (χ3n) is 2.09. The molecule has 0 saturated carbocycles. The van der Waals surface area contributed by atoms with Gasteiger partial charge >= 0.3 is 0 Å². The Bertz CT molecular complexity index is 404. The van der Waals surface area contributed by atoms with E-state index in [1.807, 2.05) is 31.2 Å². The van der Waals surface area contributed by atoms with Gasteiger partial charge in [0.05, 0.1) is 11.6 Å². The maximum absolute atomic E-state index is 8.70. The third-order valence-corrected chi connectivity index (χ3v) is 3.11. The second-order valence-corrected chi connectivity index (χ2v) is 4.37. The van der Waals surface area contributed by atoms with Crippen LogP contribution in [-0.2, 0) is 5.75 Å². The van der Waals surface area contributed by atoms with Crippen molar-refractivity contribution in [3.8, 4) is 6.07 Å². The fraction of sp³-hybridized carbons (Fsp3) is 0.385. The van der Waals surface area contributed by atoms with Crippen molar-refractivity contribution < 1.29 is 0 Å². The molecule has 0 fully saturated rings. The zero-order valence-electron chi connectivity index (χ0n) is 10.2. The van der Waals surface area contributed by atoms with E-state index in [-0.39, 0.29) is 0 Å². The molecule has 0 radical (unpaired) electrons. The highest BCUT2D eigenvalue weighted by Crippen LogP contribution is 2.13. The van der Waals surface area contributed by atoms with Gasteiger partial charge in [-0.05, 0) is 31.5 Å². The monoisotopic (exact) mass is 247 g/mol. The summed E-state index contributed by atoms with van der Waals surface area (Å²) in [5.74, 6) is 0.873. The lowest BCUT2D eigenvalue weighted by atomic mass is 10.2. The number of hydrogen-bond acceptors (Lipinski definition) is 3. The fourth-order valence-electron chi connectivity index (χ4n) is 1.27. The summed E-state index contributed by atoms with van der Waals surface area (Å²) >= 11 is 1.69. The Balaban J connectivity index is 2.53. The highest BCUT2D eigenvalue weighted by molar-refractivity contribution is 8.13. The van der Waals surface area contributed by atoms with Gasteiger partial charge < -0.3 is 5.32 Å². The second kappa shape index (κ2) is 7.75. The summed E-state index contributed by atoms with van der Waals surface area (Å²) in [6, 6.07) is 9.79. The molecule has 17 heavy (non-hydrogen) atoms. The minimum atomic E-state index is 0.702. The first kappa shape index (κ1) is 13.6. The Morgan fingerprint density at radius 1 is 1.35 bits per heavy atom. The van der Waals surface area contributed by atoms with Crippen molar-refractivity contribution in [2.75, 3.05) is 13.1 Å². The van der Waals surface area contributed by atoms with Gasteiger partial charge in [0.25, 0.3) is 0 Å². The lowest BCUT2D eigenvalue weighted by Gasteiger charge is -2.07. The molecule has 0 aliphatic rings. The molecule has 0 saturated heterocycles. The summed E-state index contributed by atoms with van der Waals surface area (Å²) in [5.41, 5.74) is 1.91. The highest BCUT2D eigenvalue weighted by Gasteiger charge is 2.00. The van der Waals surface area contributed by atoms with Crippen molar-refractivity contribution in [3.63, 3.8) is 0 Å². The number of nitriles is 1. The molecule has 0 aliphatic heterocycles. The van der Waals surface area contributed by atoms with Gasteiger partial charge in [-0.15, -0.1) is 0 Å². The number of nitrogens with one attached hydrogen (secondary N) is 1. The molecule has 1 N–H and O–H groups in total. The molecule has 1 rings (SSSR count). The number of thioether (sulfide) groups is 1. The summed E-state index contributed by atoms with van der Waals surface area (Å²) < 4.78 is 0. The maximum Gasteiger partial charge on any atom is 0.156 e. The van der Waals surface area contributed by atoms with Crippen LogP contribution in [-0.4, -0.2) is 18.3 Å². The first-order chi connectivity index (χ1) is 8.30. The average molecular weight is 247 g/mol. The van der Waals surface area contributed by atoms with Crippen LogP contribution in [0.15, 0.2) is 29.3 Å². The standard InChI is InChI=1S/C13H17N3S/c1-3-15-13(16-4-2)17-10-12-7-5-11(9-14)6-8-12/h5-8H,3-4,10H2,1-2H3,(H,15,16). The molecule has 0 aliphatic carbocycles. The van der Waals surface area contributed by atoms with Crippen LogP contribution in [0.5, 0.6) is 0 Å². The van der Waals surface area contributed by atoms with Gasteiger partial charge in [-0.2, -0.15) is 5.26 Å². The lowest BCUT2D eigenvalue weighted by molar-refractivity contribution is 0.964. The molecule has 0 aromatic heterocycles. The van der Waals surface area contributed by atoms with Crippen LogP contribution in [0.1, 0.15) is 25.0 Å². The molecule has 0 unspecified atom stereocenters. The molecule has 3 nitrogen and oxygen atoms in total. The number of nitrogens with zero attached hydrogens (tertiary/aromatic N) is 2. The van der Waals surface area contributed by atoms with Gasteiger partial charge in [-0.3, -0.25) is 4.99 Å². The van der Waals surface area contributed by atoms with E-state index in [1.54, 1.807) is 11.8 Å². The molecule has 0 amide bonds. The molecule has 1 aromatic rings. The van der Waals surface area contributed by atoms with E-state index in [4.69, 9.17) is 5.26 Å². The number of aliphatic imine (C=N–C) groups is 1. The molecule has 0 bridgehead atoms. The van der Waals surface area contributed by atoms with Crippen LogP contribution < -0.4 is 5.32 Å². The Morgan fingerprint density at radius 3 is 2.59 bits per heavy atom. The maximum atomic E-state index is 8.70. The smallest absolute Gasteiger partial charge is 0.156 e. The predicted molar refractivity (Wildman–Crippen MR) is 74.1 cm³/mol. The van der Waals surface area contributed by atoms with Gasteiger partial charge in [-0.1, -0.05) is 23.9 Å². The molecular formula is C13H17N3S. The third kappa shape index (κ3) is 4.92. The van der Waals surface area contributed by atoms with Crippen LogP contribution in [0, 0.1) is 11.3 Å². The minimum Gasteiger partial charge on any atom is -0.365 e. The van der Waals surface area contributed by atoms with E-state index >= 15 is 0 Å². The predicted octanol–water partition coefficient (Wildman–Crippen LogP) is 2.78. The summed E-state index contributed by atoms with van der Waals surface area (Å²) in [7, 11) is 0. The largest absolute Gasteiger partial charge is 0.365 e. The number of benzene rings is 1. The number of hydrogen-bond donors (Lipinski definition) is 1. The van der Waals surface area contributed by atoms with Crippen molar-refractivity contribution in [1.82, 2.24) is 5.32 Å². The Kier molecular flexibility index (Phi) is 6.19. The van der Waals surface area contributed by atoms with Crippen LogP contribution in [0.3, 0.4) is 0 Å². The number of rotatable bonds is 4. The SMILES string of the molecule is CCN=C(NCC)SCc1ccc(C#N)cc1. The summed E-state index contributed by atoms with van der Waals surface area (Å²) in [6.45, 7) is 5.77. The first-order valence-electron chi connectivity index (χ1n) is 5.70. The summed E-state index contributed by atoms with van der Waals surface area (Å²) in [6.07, 6.45) is 0. The van der Waals surface area contributed by atoms with E-state index in [9.17, 15) is 0 Å². The Morgan fingerprint density at radius 2 is 2.06 bits per heavy atom. The molecule has 4 heteroatoms. The molecular weight excluding hydrogens is 230 g/mol. The summed E-state index contributed by atoms with van der Waals surface area (Å²) in [4.78, 5) is 4.38. The van der Waals surface area contributed by atoms with E-state index in [0.29, 0.717) is 5.56 Å². The Labute approximate surface area is 107 Å². The first-order valence-corrected chi connectivity index (χ1v) is 6.68. The van der Waals surface area contributed by atoms with Crippen molar-refractivity contribution in [2.45, 2.75) is 19.6 Å². The van der Waals surface area contributed by atoms with Crippen LogP contribution >= 0.6 is 11.8 Å². The molecule has 0 atom stereocenters. The molecule has 1 aromatic carbocycles. The van der Waals surface area contributed by atoms with Crippen LogP contribution in [0.25, 0.3) is 0 Å². The number of amidine groups is 1. The van der Waals surface area contributed by atoms with Gasteiger partial charge in [0.2, 0.25) is 0 Å². The Hall–Kier alpha value is -1.47. The normalized spacial score (nSPS) is 11.0. The minimum absolute atomic E-state index is 0.702. The van der Waals surface area contributed by atoms with E-state index < -0.39 is 0 Å². The molecule has 90 valence electrons. The zero-order valence-corrected chi connectivity index (χ0v) is 11.0. The van der Waals surface area contributed by atoms with Crippen molar-refractivity contribution >= 4 is 16.9 Å². The second-order valence-electron chi connectivity index (χ2n) is 3.41. The van der Waals surface area contributed by atoms with Crippen molar-refractivity contribution in [1.29, 1.82) is 5.26 Å². The topological polar surface area (TPSA) is 48.2 Å². The average Bonchev–Trinajstić information content (AvgIpc) is 2.37. The van der Waals surface area contributed by atoms with Crippen molar-refractivity contribution in [2.24, 2.45) is 4.99 Å². The summed E-state index contributed by atoms with van der Waals surface area (Å²) in [5, 5.41) is 12.9. The van der Waals surface area contributed by atoms with Gasteiger partial charge in [0, 0.05) is 18.8 Å². The van der Waals surface area contributed by atoms with E-state index in [0.717, 1.165) is 24.0 Å². The van der Waals surface area contributed by atoms with E-state index in [2.05, 4.69) is 23.3 Å². The van der Waals surface area contributed by atoms with Gasteiger partial charge in [0.15, 0.2) is 5.17 Å². The molecule has 0 spiro atoms. The van der Waals surface area contributed by atoms with Crippen LogP contribution in [0.2, 0.25) is 0 Å². The highest BCUT2D eigenvalue weighted by atomic mass is 32.2. The molecule has 0 heterocycles. The lowest BCUT2D eigenvalue weighted by Crippen LogP contribution is -2.20. The van der Waals surface area contributed by atoms with Gasteiger partial charge in [0.1, 0.15) is 0 Å². The van der Waals surface area contributed by atoms with Gasteiger partial charge in [-0.25, -0.2) is 0 Å². The fourth-order valence-corrected chi connectivity index (χ4v) is 2.24. The van der Waals surface area contributed by atoms with Crippen molar-refractivity contribution in [3.05, 3.63) is 35.4 Å².